The van der Waals surface area contributed by atoms with E-state index in [1.54, 1.807) is 6.20 Å². The quantitative estimate of drug-likeness (QED) is 0.685. The predicted octanol–water partition coefficient (Wildman–Crippen LogP) is 2.42. The van der Waals surface area contributed by atoms with Crippen LogP contribution in [0.4, 0.5) is 0 Å². The van der Waals surface area contributed by atoms with Crippen molar-refractivity contribution in [3.05, 3.63) is 54.2 Å². The number of fused-ring (bicyclic) bond motifs is 3. The highest BCUT2D eigenvalue weighted by atomic mass is 16.2. The van der Waals surface area contributed by atoms with Crippen LogP contribution in [0.2, 0.25) is 0 Å². The topological polar surface area (TPSA) is 65.5 Å². The molecule has 2 saturated heterocycles. The molecule has 6 heteroatoms. The number of pyridine rings is 1. The van der Waals surface area contributed by atoms with E-state index in [0.717, 1.165) is 47.6 Å². The minimum atomic E-state index is 0.00624. The Labute approximate surface area is 169 Å². The summed E-state index contributed by atoms with van der Waals surface area (Å²) in [6.07, 6.45) is 3.60. The molecule has 29 heavy (non-hydrogen) atoms. The second-order valence-corrected chi connectivity index (χ2v) is 7.86. The number of aromatic nitrogens is 1. The van der Waals surface area contributed by atoms with Gasteiger partial charge in [0.15, 0.2) is 0 Å². The maximum absolute atomic E-state index is 13.5. The molecular weight excluding hydrogens is 364 g/mol. The number of nitrogens with zero attached hydrogens (tertiary/aromatic N) is 3. The highest BCUT2D eigenvalue weighted by Gasteiger charge is 2.32. The molecule has 6 nitrogen and oxygen atoms in total. The number of hydrogen-bond donors (Lipinski definition) is 1. The van der Waals surface area contributed by atoms with Gasteiger partial charge in [-0.2, -0.15) is 0 Å². The van der Waals surface area contributed by atoms with E-state index in [4.69, 9.17) is 0 Å². The molecule has 2 aliphatic rings. The Hall–Kier alpha value is -2.99. The van der Waals surface area contributed by atoms with Gasteiger partial charge >= 0.3 is 0 Å². The normalized spacial score (nSPS) is 20.4. The Balaban J connectivity index is 1.49. The lowest BCUT2D eigenvalue weighted by atomic mass is 9.98. The van der Waals surface area contributed by atoms with Crippen LogP contribution in [-0.4, -0.2) is 65.4 Å². The van der Waals surface area contributed by atoms with Crippen molar-refractivity contribution in [3.8, 4) is 0 Å². The van der Waals surface area contributed by atoms with Crippen LogP contribution in [0.15, 0.2) is 48.7 Å². The molecule has 0 saturated carbocycles. The van der Waals surface area contributed by atoms with E-state index in [-0.39, 0.29) is 17.9 Å². The summed E-state index contributed by atoms with van der Waals surface area (Å²) in [4.78, 5) is 34.3. The molecule has 3 heterocycles. The van der Waals surface area contributed by atoms with Crippen molar-refractivity contribution >= 4 is 33.5 Å². The minimum absolute atomic E-state index is 0.00624. The number of carbonyl (C=O) groups is 2. The lowest BCUT2D eigenvalue weighted by Gasteiger charge is -2.41. The smallest absolute Gasteiger partial charge is 0.256 e. The first-order valence-electron chi connectivity index (χ1n) is 10.3. The molecule has 3 aromatic rings. The first-order valence-corrected chi connectivity index (χ1v) is 10.3. The Morgan fingerprint density at radius 2 is 1.97 bits per heavy atom. The average molecular weight is 388 g/mol. The van der Waals surface area contributed by atoms with E-state index in [9.17, 15) is 9.59 Å². The van der Waals surface area contributed by atoms with Gasteiger partial charge in [-0.25, -0.2) is 0 Å². The molecule has 1 unspecified atom stereocenters. The zero-order valence-corrected chi connectivity index (χ0v) is 16.3. The van der Waals surface area contributed by atoms with E-state index < -0.39 is 0 Å². The fourth-order valence-corrected chi connectivity index (χ4v) is 4.66. The first kappa shape index (κ1) is 18.1. The van der Waals surface area contributed by atoms with Crippen molar-refractivity contribution in [1.29, 1.82) is 0 Å². The Morgan fingerprint density at radius 1 is 1.10 bits per heavy atom. The number of benzene rings is 2. The zero-order valence-electron chi connectivity index (χ0n) is 16.3. The van der Waals surface area contributed by atoms with Crippen molar-refractivity contribution in [2.24, 2.45) is 0 Å². The zero-order chi connectivity index (χ0) is 19.8. The Bertz CT molecular complexity index is 1100. The molecule has 0 spiro atoms. The maximum atomic E-state index is 13.5. The van der Waals surface area contributed by atoms with E-state index in [1.165, 1.54) is 0 Å². The fourth-order valence-electron chi connectivity index (χ4n) is 4.66. The van der Waals surface area contributed by atoms with E-state index in [2.05, 4.69) is 16.4 Å². The van der Waals surface area contributed by atoms with E-state index in [1.807, 2.05) is 46.2 Å². The van der Waals surface area contributed by atoms with Gasteiger partial charge in [-0.15, -0.1) is 0 Å². The van der Waals surface area contributed by atoms with Crippen molar-refractivity contribution in [2.75, 3.05) is 32.7 Å². The maximum Gasteiger partial charge on any atom is 0.256 e. The number of piperazine rings is 1. The lowest BCUT2D eigenvalue weighted by molar-refractivity contribution is -0.135. The summed E-state index contributed by atoms with van der Waals surface area (Å²) in [5.41, 5.74) is 1.39. The van der Waals surface area contributed by atoms with Crippen LogP contribution in [0.5, 0.6) is 0 Å². The van der Waals surface area contributed by atoms with Crippen LogP contribution in [-0.2, 0) is 4.79 Å². The SMILES string of the molecule is O=C(c1cc2ccccc2c2cccnc12)N1CCCC(N2CCNCC2=O)C1. The van der Waals surface area contributed by atoms with Crippen LogP contribution in [0.1, 0.15) is 23.2 Å². The number of amides is 2. The number of rotatable bonds is 2. The minimum Gasteiger partial charge on any atom is -0.337 e. The lowest BCUT2D eigenvalue weighted by Crippen LogP contribution is -2.57. The Kier molecular flexibility index (Phi) is 4.64. The molecule has 2 amide bonds. The summed E-state index contributed by atoms with van der Waals surface area (Å²) in [6.45, 7) is 3.23. The summed E-state index contributed by atoms with van der Waals surface area (Å²) in [7, 11) is 0. The van der Waals surface area contributed by atoms with Crippen molar-refractivity contribution < 1.29 is 9.59 Å². The monoisotopic (exact) mass is 388 g/mol. The van der Waals surface area contributed by atoms with Gasteiger partial charge in [-0.1, -0.05) is 30.3 Å². The molecule has 0 bridgehead atoms. The largest absolute Gasteiger partial charge is 0.337 e. The second kappa shape index (κ2) is 7.44. The highest BCUT2D eigenvalue weighted by Crippen LogP contribution is 2.29. The van der Waals surface area contributed by atoms with E-state index in [0.29, 0.717) is 25.2 Å². The number of nitrogens with one attached hydrogen (secondary N) is 1. The Morgan fingerprint density at radius 3 is 2.86 bits per heavy atom. The molecule has 2 aliphatic heterocycles. The summed E-state index contributed by atoms with van der Waals surface area (Å²) < 4.78 is 0. The van der Waals surface area contributed by atoms with Gasteiger partial charge in [-0.05, 0) is 35.7 Å². The third kappa shape index (κ3) is 3.23. The molecule has 1 aromatic heterocycles. The van der Waals surface area contributed by atoms with Crippen molar-refractivity contribution in [2.45, 2.75) is 18.9 Å². The molecule has 1 N–H and O–H groups in total. The van der Waals surface area contributed by atoms with Crippen LogP contribution in [0.25, 0.3) is 21.7 Å². The molecule has 0 radical (unpaired) electrons. The van der Waals surface area contributed by atoms with Crippen LogP contribution in [0, 0.1) is 0 Å². The molecule has 5 rings (SSSR count). The van der Waals surface area contributed by atoms with Gasteiger partial charge in [0.2, 0.25) is 5.91 Å². The standard InChI is InChI=1S/C23H24N4O2/c28-21-14-24-10-12-27(21)17-6-4-11-26(15-17)23(29)20-13-16-5-1-2-7-18(16)19-8-3-9-25-22(19)20/h1-3,5,7-9,13,17,24H,4,6,10-12,14-15H2. The summed E-state index contributed by atoms with van der Waals surface area (Å²) >= 11 is 0. The first-order chi connectivity index (χ1) is 14.2. The molecule has 2 aromatic carbocycles. The van der Waals surface area contributed by atoms with Gasteiger partial charge in [0.1, 0.15) is 0 Å². The number of hydrogen-bond acceptors (Lipinski definition) is 4. The molecule has 148 valence electrons. The fraction of sp³-hybridized carbons (Fsp3) is 0.348. The van der Waals surface area contributed by atoms with Crippen molar-refractivity contribution in [3.63, 3.8) is 0 Å². The number of likely N-dealkylation sites (tertiary alicyclic amines) is 1. The molecule has 2 fully saturated rings. The number of piperidine rings is 1. The van der Waals surface area contributed by atoms with Crippen molar-refractivity contribution in [1.82, 2.24) is 20.1 Å². The highest BCUT2D eigenvalue weighted by molar-refractivity contribution is 6.15. The molecule has 1 atom stereocenters. The third-order valence-corrected chi connectivity index (χ3v) is 6.09. The van der Waals surface area contributed by atoms with Gasteiger partial charge in [0, 0.05) is 43.8 Å². The molecular formula is C23H24N4O2. The average Bonchev–Trinajstić information content (AvgIpc) is 2.78. The summed E-state index contributed by atoms with van der Waals surface area (Å²) in [5.74, 6) is 0.139. The van der Waals surface area contributed by atoms with Crippen LogP contribution in [0.3, 0.4) is 0 Å². The summed E-state index contributed by atoms with van der Waals surface area (Å²) in [5, 5.41) is 6.27. The molecule has 0 aliphatic carbocycles. The second-order valence-electron chi connectivity index (χ2n) is 7.86. The predicted molar refractivity (Wildman–Crippen MR) is 113 cm³/mol. The van der Waals surface area contributed by atoms with Crippen LogP contribution < -0.4 is 5.32 Å². The summed E-state index contributed by atoms with van der Waals surface area (Å²) in [6, 6.07) is 14.1. The third-order valence-electron chi connectivity index (χ3n) is 6.09. The van der Waals surface area contributed by atoms with Gasteiger partial charge in [0.25, 0.3) is 5.91 Å². The van der Waals surface area contributed by atoms with E-state index >= 15 is 0 Å². The van der Waals surface area contributed by atoms with Gasteiger partial charge in [0.05, 0.1) is 17.6 Å². The number of carbonyl (C=O) groups excluding carboxylic acids is 2. The van der Waals surface area contributed by atoms with Gasteiger partial charge in [-0.3, -0.25) is 14.6 Å². The van der Waals surface area contributed by atoms with Crippen LogP contribution >= 0.6 is 0 Å². The van der Waals surface area contributed by atoms with Gasteiger partial charge < -0.3 is 15.1 Å².